The first-order valence-corrected chi connectivity index (χ1v) is 8.17. The van der Waals surface area contributed by atoms with E-state index in [9.17, 15) is 0 Å². The van der Waals surface area contributed by atoms with Crippen LogP contribution >= 0.6 is 0 Å². The summed E-state index contributed by atoms with van der Waals surface area (Å²) in [6.45, 7) is 0. The van der Waals surface area contributed by atoms with Gasteiger partial charge in [-0.1, -0.05) is 72.8 Å². The second-order valence-corrected chi connectivity index (χ2v) is 5.44. The maximum atomic E-state index is 3.88. The second-order valence-electron chi connectivity index (χ2n) is 5.44. The molecular weight excluding hydrogens is 620 g/mol. The molecule has 33 heavy (non-hydrogen) atoms. The number of benzene rings is 3. The molecule has 0 saturated heterocycles. The van der Waals surface area contributed by atoms with Crippen molar-refractivity contribution in [3.8, 4) is 0 Å². The molecule has 0 unspecified atom stereocenters. The minimum absolute atomic E-state index is 0. The largest absolute Gasteiger partial charge is 2.00 e. The van der Waals surface area contributed by atoms with Crippen LogP contribution in [0.2, 0.25) is 0 Å². The molecular formula is C20H21Cu4N9. The minimum Gasteiger partial charge on any atom is -0.639 e. The van der Waals surface area contributed by atoms with Gasteiger partial charge in [0.15, 0.2) is 0 Å². The predicted molar refractivity (Wildman–Crippen MR) is 120 cm³/mol. The van der Waals surface area contributed by atoms with E-state index >= 15 is 0 Å². The Hall–Kier alpha value is -1.58. The predicted octanol–water partition coefficient (Wildman–Crippen LogP) is 7.28. The van der Waals surface area contributed by atoms with Gasteiger partial charge in [-0.3, -0.25) is 0 Å². The van der Waals surface area contributed by atoms with Gasteiger partial charge in [0.2, 0.25) is 0 Å². The Morgan fingerprint density at radius 2 is 0.485 bits per heavy atom. The van der Waals surface area contributed by atoms with Crippen molar-refractivity contribution in [3.05, 3.63) is 120 Å². The number of nitrogens with zero attached hydrogens (tertiary/aromatic N) is 6. The third-order valence-electron chi connectivity index (χ3n) is 3.67. The van der Waals surface area contributed by atoms with Crippen molar-refractivity contribution in [2.24, 2.45) is 0 Å². The van der Waals surface area contributed by atoms with Crippen molar-refractivity contribution in [2.45, 2.75) is 0 Å². The molecule has 3 aromatic carbocycles. The first-order valence-electron chi connectivity index (χ1n) is 8.17. The van der Waals surface area contributed by atoms with Gasteiger partial charge in [0.05, 0.1) is 0 Å². The summed E-state index contributed by atoms with van der Waals surface area (Å²) in [6.07, 6.45) is 0. The van der Waals surface area contributed by atoms with Crippen LogP contribution in [0.4, 0.5) is 34.1 Å². The molecule has 3 aliphatic rings. The zero-order valence-electron chi connectivity index (χ0n) is 17.3. The van der Waals surface area contributed by atoms with Crippen molar-refractivity contribution < 1.29 is 68.3 Å². The van der Waals surface area contributed by atoms with Crippen LogP contribution < -0.4 is 16.6 Å². The molecule has 13 heteroatoms. The third kappa shape index (κ3) is 10.1. The third-order valence-corrected chi connectivity index (χ3v) is 3.67. The Kier molecular flexibility index (Phi) is 20.5. The van der Waals surface area contributed by atoms with Gasteiger partial charge < -0.3 is 64.0 Å². The summed E-state index contributed by atoms with van der Waals surface area (Å²) < 4.78 is 0. The molecule has 190 valence electrons. The Balaban J connectivity index is -0.000000375. The van der Waals surface area contributed by atoms with Gasteiger partial charge in [-0.25, -0.2) is 0 Å². The zero-order valence-corrected chi connectivity index (χ0v) is 21.1. The smallest absolute Gasteiger partial charge is 0.639 e. The van der Waals surface area contributed by atoms with Crippen molar-refractivity contribution in [1.82, 2.24) is 16.6 Å². The number of fused-ring (bicyclic) bond motifs is 3. The molecule has 3 aromatic rings. The first-order chi connectivity index (χ1) is 13.4. The van der Waals surface area contributed by atoms with Crippen LogP contribution in [0.15, 0.2) is 72.8 Å². The van der Waals surface area contributed by atoms with Gasteiger partial charge in [0, 0.05) is 0 Å². The van der Waals surface area contributed by atoms with Gasteiger partial charge in [-0.15, -0.1) is 34.1 Å². The number of hydrogen-bond donors (Lipinski definition) is 3. The van der Waals surface area contributed by atoms with Crippen LogP contribution in [-0.4, -0.2) is 0 Å². The Morgan fingerprint density at radius 1 is 0.333 bits per heavy atom. The molecule has 0 aromatic heterocycles. The van der Waals surface area contributed by atoms with Crippen molar-refractivity contribution in [3.63, 3.8) is 0 Å². The Labute approximate surface area is 237 Å². The van der Waals surface area contributed by atoms with Crippen molar-refractivity contribution in [1.29, 1.82) is 0 Å². The number of para-hydroxylation sites is 6. The zero-order chi connectivity index (χ0) is 18.3. The summed E-state index contributed by atoms with van der Waals surface area (Å²) in [7, 11) is 0. The molecule has 0 aliphatic carbocycles. The van der Waals surface area contributed by atoms with Gasteiger partial charge in [-0.2, -0.15) is 0 Å². The van der Waals surface area contributed by atoms with Crippen LogP contribution in [0.25, 0.3) is 32.6 Å². The van der Waals surface area contributed by atoms with Gasteiger partial charge in [0.25, 0.3) is 0 Å². The van der Waals surface area contributed by atoms with Gasteiger partial charge >= 0.3 is 68.3 Å². The normalized spacial score (nSPS) is 11.3. The van der Waals surface area contributed by atoms with E-state index in [1.807, 2.05) is 72.8 Å². The number of rotatable bonds is 0. The summed E-state index contributed by atoms with van der Waals surface area (Å²) in [6, 6.07) is 23.1. The molecule has 0 bridgehead atoms. The van der Waals surface area contributed by atoms with Crippen molar-refractivity contribution >= 4 is 34.1 Å². The maximum absolute atomic E-state index is 3.88. The first kappa shape index (κ1) is 36.0. The topological polar surface area (TPSA) is 121 Å². The van der Waals surface area contributed by atoms with E-state index in [2.05, 4.69) is 49.2 Å². The number of nitrogens with one attached hydrogen (secondary N) is 3. The van der Waals surface area contributed by atoms with Crippen LogP contribution in [0.3, 0.4) is 0 Å². The molecule has 3 aliphatic heterocycles. The molecule has 0 fully saturated rings. The molecule has 0 spiro atoms. The van der Waals surface area contributed by atoms with E-state index in [4.69, 9.17) is 0 Å². The van der Waals surface area contributed by atoms with E-state index in [-0.39, 0.29) is 83.1 Å². The quantitative estimate of drug-likeness (QED) is 0.177. The summed E-state index contributed by atoms with van der Waals surface area (Å²) in [4.78, 5) is 0. The fourth-order valence-electron chi connectivity index (χ4n) is 2.36. The molecule has 4 radical (unpaired) electrons. The minimum atomic E-state index is 0. The molecule has 0 amide bonds. The van der Waals surface area contributed by atoms with E-state index in [0.29, 0.717) is 0 Å². The van der Waals surface area contributed by atoms with E-state index in [1.54, 1.807) is 0 Å². The average Bonchev–Trinajstić information content (AvgIpc) is 3.48. The van der Waals surface area contributed by atoms with Crippen LogP contribution in [0.5, 0.6) is 0 Å². The average molecular weight is 642 g/mol. The van der Waals surface area contributed by atoms with Crippen molar-refractivity contribution in [2.75, 3.05) is 0 Å². The second kappa shape index (κ2) is 18.8. The number of hydrogen-bond acceptors (Lipinski definition) is 3. The summed E-state index contributed by atoms with van der Waals surface area (Å²) >= 11 is 0. The Morgan fingerprint density at radius 3 is 0.636 bits per heavy atom. The standard InChI is InChI=1S/3C6H5N3.2CH3.4Cu/c3*1-2-4-6-5(3-1)7-9-8-6;;;;;;/h3*1-4,9H;2*1H3;;;;/q3*-2;2*-1;4*+2. The molecule has 3 N–H and O–H groups in total. The molecule has 3 heterocycles. The van der Waals surface area contributed by atoms with Crippen LogP contribution in [-0.2, 0) is 68.3 Å². The molecule has 0 atom stereocenters. The molecule has 0 saturated carbocycles. The molecule has 9 nitrogen and oxygen atoms in total. The Bertz CT molecular complexity index is 731. The summed E-state index contributed by atoms with van der Waals surface area (Å²) in [5.41, 5.74) is 36.4. The van der Waals surface area contributed by atoms with Crippen LogP contribution in [0.1, 0.15) is 0 Å². The SMILES string of the molecule is [CH3-].[CH3-].[Cu+2].[Cu+2].[Cu+2].[Cu+2].c1ccc2c(c1)[N-]N[N-]2.c1ccc2c(c1)[N-]N[N-]2.c1ccc2c(c1)[N-]N[N-]2. The van der Waals surface area contributed by atoms with Gasteiger partial charge in [0.1, 0.15) is 0 Å². The summed E-state index contributed by atoms with van der Waals surface area (Å²) in [5, 5.41) is 0. The van der Waals surface area contributed by atoms with E-state index < -0.39 is 0 Å². The fraction of sp³-hybridized carbons (Fsp3) is 0. The summed E-state index contributed by atoms with van der Waals surface area (Å²) in [5.74, 6) is 0. The molecule has 6 rings (SSSR count). The van der Waals surface area contributed by atoms with E-state index in [0.717, 1.165) is 34.1 Å². The fourth-order valence-corrected chi connectivity index (χ4v) is 2.36. The van der Waals surface area contributed by atoms with Gasteiger partial charge in [-0.05, 0) is 0 Å². The van der Waals surface area contributed by atoms with E-state index in [1.165, 1.54) is 0 Å². The monoisotopic (exact) mass is 639 g/mol. The maximum Gasteiger partial charge on any atom is 2.00 e. The van der Waals surface area contributed by atoms with Crippen LogP contribution in [0, 0.1) is 14.9 Å².